The van der Waals surface area contributed by atoms with Crippen LogP contribution < -0.4 is 0 Å². The zero-order valence-corrected chi connectivity index (χ0v) is 14.7. The Morgan fingerprint density at radius 2 is 1.00 bits per heavy atom. The SMILES string of the molecule is CC(C)(CO)[Si](C)(C)O[Si](C)(C)C(C)(C)CO. The van der Waals surface area contributed by atoms with E-state index in [1.807, 2.05) is 0 Å². The fraction of sp³-hybridized carbons (Fsp3) is 1.00. The van der Waals surface area contributed by atoms with Crippen molar-refractivity contribution in [2.24, 2.45) is 0 Å². The van der Waals surface area contributed by atoms with Gasteiger partial charge in [-0.1, -0.05) is 27.7 Å². The van der Waals surface area contributed by atoms with Gasteiger partial charge in [0, 0.05) is 23.3 Å². The molecule has 0 aromatic rings. The third-order valence-electron chi connectivity index (χ3n) is 4.56. The minimum Gasteiger partial charge on any atom is -0.455 e. The molecule has 104 valence electrons. The van der Waals surface area contributed by atoms with Crippen LogP contribution in [0.15, 0.2) is 0 Å². The average molecular weight is 279 g/mol. The zero-order valence-electron chi connectivity index (χ0n) is 12.7. The Labute approximate surface area is 108 Å². The molecule has 0 aromatic carbocycles. The van der Waals surface area contributed by atoms with Gasteiger partial charge in [-0.15, -0.1) is 0 Å². The maximum Gasteiger partial charge on any atom is 0.181 e. The van der Waals surface area contributed by atoms with Gasteiger partial charge in [-0.2, -0.15) is 0 Å². The van der Waals surface area contributed by atoms with Gasteiger partial charge in [-0.3, -0.25) is 0 Å². The molecule has 3 nitrogen and oxygen atoms in total. The van der Waals surface area contributed by atoms with Crippen molar-refractivity contribution in [2.45, 2.75) is 64.0 Å². The molecule has 0 spiro atoms. The normalized spacial score (nSPS) is 15.2. The van der Waals surface area contributed by atoms with Gasteiger partial charge in [0.15, 0.2) is 16.6 Å². The van der Waals surface area contributed by atoms with Gasteiger partial charge in [0.25, 0.3) is 0 Å². The van der Waals surface area contributed by atoms with Gasteiger partial charge in [0.05, 0.1) is 0 Å². The maximum absolute atomic E-state index is 9.51. The summed E-state index contributed by atoms with van der Waals surface area (Å²) in [5, 5.41) is 18.7. The molecule has 0 amide bonds. The van der Waals surface area contributed by atoms with E-state index >= 15 is 0 Å². The predicted molar refractivity (Wildman–Crippen MR) is 78.3 cm³/mol. The van der Waals surface area contributed by atoms with E-state index in [0.29, 0.717) is 0 Å². The van der Waals surface area contributed by atoms with E-state index in [4.69, 9.17) is 4.12 Å². The fourth-order valence-corrected chi connectivity index (χ4v) is 9.37. The highest BCUT2D eigenvalue weighted by Crippen LogP contribution is 2.44. The Kier molecular flexibility index (Phi) is 5.22. The molecular formula is C12H30O3Si2. The van der Waals surface area contributed by atoms with Gasteiger partial charge in [0.1, 0.15) is 0 Å². The lowest BCUT2D eigenvalue weighted by atomic mass is 10.2. The lowest BCUT2D eigenvalue weighted by Crippen LogP contribution is -2.56. The van der Waals surface area contributed by atoms with Crippen LogP contribution in [0.5, 0.6) is 0 Å². The molecule has 0 heterocycles. The molecule has 0 rings (SSSR count). The minimum atomic E-state index is -1.99. The molecule has 0 aliphatic rings. The Morgan fingerprint density at radius 1 is 0.765 bits per heavy atom. The highest BCUT2D eigenvalue weighted by Gasteiger charge is 2.49. The second-order valence-corrected chi connectivity index (χ2v) is 16.8. The quantitative estimate of drug-likeness (QED) is 0.734. The van der Waals surface area contributed by atoms with Crippen molar-refractivity contribution in [3.05, 3.63) is 0 Å². The topological polar surface area (TPSA) is 49.7 Å². The van der Waals surface area contributed by atoms with Gasteiger partial charge < -0.3 is 14.3 Å². The van der Waals surface area contributed by atoms with E-state index in [1.54, 1.807) is 0 Å². The molecule has 17 heavy (non-hydrogen) atoms. The van der Waals surface area contributed by atoms with Crippen molar-refractivity contribution in [3.8, 4) is 0 Å². The molecule has 5 heteroatoms. The number of hydrogen-bond acceptors (Lipinski definition) is 3. The van der Waals surface area contributed by atoms with Crippen molar-refractivity contribution in [1.29, 1.82) is 0 Å². The molecule has 0 saturated carbocycles. The van der Waals surface area contributed by atoms with Crippen LogP contribution in [0.3, 0.4) is 0 Å². The molecule has 0 aromatic heterocycles. The number of hydrogen-bond donors (Lipinski definition) is 2. The zero-order chi connectivity index (χ0) is 14.1. The monoisotopic (exact) mass is 278 g/mol. The Balaban J connectivity index is 5.07. The van der Waals surface area contributed by atoms with Crippen molar-refractivity contribution < 1.29 is 14.3 Å². The summed E-state index contributed by atoms with van der Waals surface area (Å²) in [6, 6.07) is 0. The van der Waals surface area contributed by atoms with E-state index in [2.05, 4.69) is 53.9 Å². The summed E-state index contributed by atoms with van der Waals surface area (Å²) < 4.78 is 6.49. The second kappa shape index (κ2) is 5.13. The molecule has 0 fully saturated rings. The largest absolute Gasteiger partial charge is 0.455 e. The van der Waals surface area contributed by atoms with Crippen LogP contribution in [0.1, 0.15) is 27.7 Å². The number of aliphatic hydroxyl groups is 2. The van der Waals surface area contributed by atoms with Crippen LogP contribution in [0.2, 0.25) is 36.3 Å². The first kappa shape index (κ1) is 17.3. The van der Waals surface area contributed by atoms with Crippen molar-refractivity contribution in [1.82, 2.24) is 0 Å². The standard InChI is InChI=1S/C12H30O3Si2/c1-11(2,9-13)16(5,6)15-17(7,8)12(3,4)10-14/h13-14H,9-10H2,1-8H3. The van der Waals surface area contributed by atoms with E-state index < -0.39 is 16.6 Å². The molecule has 0 unspecified atom stereocenters. The highest BCUT2D eigenvalue weighted by atomic mass is 28.4. The van der Waals surface area contributed by atoms with E-state index in [9.17, 15) is 10.2 Å². The molecule has 0 aliphatic heterocycles. The summed E-state index contributed by atoms with van der Waals surface area (Å²) in [6.45, 7) is 17.2. The molecule has 0 atom stereocenters. The van der Waals surface area contributed by atoms with Crippen LogP contribution in [-0.4, -0.2) is 40.1 Å². The summed E-state index contributed by atoms with van der Waals surface area (Å²) in [4.78, 5) is 0. The predicted octanol–water partition coefficient (Wildman–Crippen LogP) is 2.96. The third-order valence-corrected chi connectivity index (χ3v) is 15.5. The summed E-state index contributed by atoms with van der Waals surface area (Å²) in [5.41, 5.74) is 0. The Bertz CT molecular complexity index is 234. The first-order valence-electron chi connectivity index (χ1n) is 6.25. The first-order chi connectivity index (χ1) is 7.33. The number of aliphatic hydroxyl groups excluding tert-OH is 2. The molecule has 0 saturated heterocycles. The summed E-state index contributed by atoms with van der Waals surface area (Å²) in [5.74, 6) is 0. The molecule has 0 bridgehead atoms. The van der Waals surface area contributed by atoms with Crippen LogP contribution in [0.25, 0.3) is 0 Å². The summed E-state index contributed by atoms with van der Waals surface area (Å²) in [7, 11) is -3.98. The van der Waals surface area contributed by atoms with Crippen molar-refractivity contribution in [3.63, 3.8) is 0 Å². The maximum atomic E-state index is 9.51. The minimum absolute atomic E-state index is 0.149. The van der Waals surface area contributed by atoms with Crippen LogP contribution in [0, 0.1) is 0 Å². The Morgan fingerprint density at radius 3 is 1.18 bits per heavy atom. The Hall–Kier alpha value is 0.314. The van der Waals surface area contributed by atoms with E-state index in [1.165, 1.54) is 0 Å². The van der Waals surface area contributed by atoms with Gasteiger partial charge in [-0.25, -0.2) is 0 Å². The van der Waals surface area contributed by atoms with Gasteiger partial charge in [-0.05, 0) is 26.2 Å². The lowest BCUT2D eigenvalue weighted by molar-refractivity contribution is 0.227. The smallest absolute Gasteiger partial charge is 0.181 e. The first-order valence-corrected chi connectivity index (χ1v) is 12.1. The highest BCUT2D eigenvalue weighted by molar-refractivity contribution is 6.87. The molecule has 2 N–H and O–H groups in total. The van der Waals surface area contributed by atoms with Crippen molar-refractivity contribution in [2.75, 3.05) is 13.2 Å². The average Bonchev–Trinajstić information content (AvgIpc) is 2.15. The van der Waals surface area contributed by atoms with Gasteiger partial charge in [0.2, 0.25) is 0 Å². The third kappa shape index (κ3) is 3.64. The lowest BCUT2D eigenvalue weighted by Gasteiger charge is -2.48. The number of rotatable bonds is 6. The summed E-state index contributed by atoms with van der Waals surface area (Å²) in [6.07, 6.45) is 0. The molecule has 0 aliphatic carbocycles. The van der Waals surface area contributed by atoms with Crippen molar-refractivity contribution >= 4 is 16.6 Å². The van der Waals surface area contributed by atoms with E-state index in [-0.39, 0.29) is 23.3 Å². The molecule has 0 radical (unpaired) electrons. The fourth-order valence-electron chi connectivity index (χ4n) is 1.29. The van der Waals surface area contributed by atoms with Crippen LogP contribution in [-0.2, 0) is 4.12 Å². The summed E-state index contributed by atoms with van der Waals surface area (Å²) >= 11 is 0. The molecular weight excluding hydrogens is 248 g/mol. The van der Waals surface area contributed by atoms with Crippen LogP contribution >= 0.6 is 0 Å². The van der Waals surface area contributed by atoms with Gasteiger partial charge >= 0.3 is 0 Å². The van der Waals surface area contributed by atoms with E-state index in [0.717, 1.165) is 0 Å². The van der Waals surface area contributed by atoms with Crippen LogP contribution in [0.4, 0.5) is 0 Å². The second-order valence-electron chi connectivity index (χ2n) is 7.21.